The lowest BCUT2D eigenvalue weighted by Gasteiger charge is -2.09. The topological polar surface area (TPSA) is 74.8 Å². The molecule has 0 atom stereocenters. The van der Waals surface area contributed by atoms with Gasteiger partial charge in [0.15, 0.2) is 0 Å². The Morgan fingerprint density at radius 1 is 1.20 bits per heavy atom. The molecule has 5 nitrogen and oxygen atoms in total. The number of fused-ring (bicyclic) bond motifs is 1. The number of amides is 1. The summed E-state index contributed by atoms with van der Waals surface area (Å²) in [6.45, 7) is 0.778. The first-order valence-corrected chi connectivity index (χ1v) is 9.47. The van der Waals surface area contributed by atoms with Crippen molar-refractivity contribution in [3.63, 3.8) is 0 Å². The van der Waals surface area contributed by atoms with Crippen LogP contribution in [0.4, 0.5) is 0 Å². The second-order valence-electron chi connectivity index (χ2n) is 7.03. The van der Waals surface area contributed by atoms with Crippen LogP contribution in [0.2, 0.25) is 0 Å². The first-order valence-electron chi connectivity index (χ1n) is 9.47. The Hall–Kier alpha value is -2.17. The molecule has 0 aliphatic heterocycles. The van der Waals surface area contributed by atoms with Gasteiger partial charge in [0.25, 0.3) is 5.56 Å². The van der Waals surface area contributed by atoms with Crippen molar-refractivity contribution in [3.05, 3.63) is 40.4 Å². The molecule has 134 valence electrons. The van der Waals surface area contributed by atoms with E-state index in [-0.39, 0.29) is 11.5 Å². The monoisotopic (exact) mass is 341 g/mol. The number of carbonyl (C=O) groups excluding carboxylic acids is 1. The van der Waals surface area contributed by atoms with E-state index < -0.39 is 0 Å². The largest absolute Gasteiger partial charge is 0.356 e. The number of nitrogens with one attached hydrogen (secondary N) is 2. The van der Waals surface area contributed by atoms with Crippen molar-refractivity contribution < 1.29 is 4.79 Å². The zero-order valence-electron chi connectivity index (χ0n) is 14.7. The summed E-state index contributed by atoms with van der Waals surface area (Å²) in [7, 11) is 0. The van der Waals surface area contributed by atoms with Gasteiger partial charge in [0.1, 0.15) is 5.82 Å². The lowest BCUT2D eigenvalue weighted by molar-refractivity contribution is -0.121. The summed E-state index contributed by atoms with van der Waals surface area (Å²) in [6, 6.07) is 7.31. The average molecular weight is 341 g/mol. The molecule has 1 fully saturated rings. The molecule has 1 aliphatic carbocycles. The van der Waals surface area contributed by atoms with Crippen LogP contribution in [0.1, 0.15) is 57.2 Å². The van der Waals surface area contributed by atoms with E-state index in [1.54, 1.807) is 6.07 Å². The second kappa shape index (κ2) is 8.79. The van der Waals surface area contributed by atoms with Crippen LogP contribution in [0, 0.1) is 5.92 Å². The molecule has 1 aliphatic rings. The van der Waals surface area contributed by atoms with Crippen molar-refractivity contribution >= 4 is 16.8 Å². The van der Waals surface area contributed by atoms with Gasteiger partial charge in [0.2, 0.25) is 5.91 Å². The molecular weight excluding hydrogens is 314 g/mol. The summed E-state index contributed by atoms with van der Waals surface area (Å²) in [5, 5.41) is 3.61. The fraction of sp³-hybridized carbons (Fsp3) is 0.550. The highest BCUT2D eigenvalue weighted by Gasteiger charge is 2.14. The normalized spacial score (nSPS) is 14.9. The highest BCUT2D eigenvalue weighted by atomic mass is 16.1. The molecule has 2 aromatic rings. The van der Waals surface area contributed by atoms with Gasteiger partial charge in [-0.15, -0.1) is 0 Å². The molecule has 0 radical (unpaired) electrons. The predicted octanol–water partition coefficient (Wildman–Crippen LogP) is 3.33. The smallest absolute Gasteiger partial charge is 0.258 e. The zero-order chi connectivity index (χ0) is 17.5. The molecule has 5 heteroatoms. The minimum absolute atomic E-state index is 0.0922. The highest BCUT2D eigenvalue weighted by molar-refractivity contribution is 5.77. The summed E-state index contributed by atoms with van der Waals surface area (Å²) in [5.41, 5.74) is 0.592. The van der Waals surface area contributed by atoms with Crippen molar-refractivity contribution in [2.45, 2.75) is 57.8 Å². The molecular formula is C20H27N3O2. The summed E-state index contributed by atoms with van der Waals surface area (Å²) in [5.74, 6) is 1.62. The number of aromatic amines is 1. The third-order valence-electron chi connectivity index (χ3n) is 5.07. The molecule has 0 spiro atoms. The first kappa shape index (κ1) is 17.6. The molecule has 1 heterocycles. The number of aromatic nitrogens is 2. The number of hydrogen-bond acceptors (Lipinski definition) is 3. The second-order valence-corrected chi connectivity index (χ2v) is 7.03. The number of nitrogens with zero attached hydrogens (tertiary/aromatic N) is 1. The van der Waals surface area contributed by atoms with Gasteiger partial charge < -0.3 is 10.3 Å². The van der Waals surface area contributed by atoms with Crippen molar-refractivity contribution in [1.82, 2.24) is 15.3 Å². The molecule has 3 rings (SSSR count). The van der Waals surface area contributed by atoms with E-state index in [0.29, 0.717) is 36.0 Å². The number of benzene rings is 1. The maximum absolute atomic E-state index is 12.0. The quantitative estimate of drug-likeness (QED) is 0.723. The average Bonchev–Trinajstić information content (AvgIpc) is 3.12. The number of para-hydroxylation sites is 1. The molecule has 1 saturated carbocycles. The van der Waals surface area contributed by atoms with Crippen molar-refractivity contribution in [3.8, 4) is 0 Å². The molecule has 0 unspecified atom stereocenters. The van der Waals surface area contributed by atoms with Gasteiger partial charge in [0, 0.05) is 19.4 Å². The van der Waals surface area contributed by atoms with Crippen LogP contribution >= 0.6 is 0 Å². The van der Waals surface area contributed by atoms with E-state index in [9.17, 15) is 9.59 Å². The van der Waals surface area contributed by atoms with Crippen LogP contribution in [0.25, 0.3) is 10.9 Å². The van der Waals surface area contributed by atoms with Crippen LogP contribution in [-0.2, 0) is 11.2 Å². The molecule has 1 aromatic heterocycles. The van der Waals surface area contributed by atoms with Crippen LogP contribution in [0.3, 0.4) is 0 Å². The van der Waals surface area contributed by atoms with Gasteiger partial charge in [-0.05, 0) is 37.3 Å². The summed E-state index contributed by atoms with van der Waals surface area (Å²) in [6.07, 6.45) is 9.57. The van der Waals surface area contributed by atoms with E-state index in [0.717, 1.165) is 18.9 Å². The first-order chi connectivity index (χ1) is 12.2. The summed E-state index contributed by atoms with van der Waals surface area (Å²) < 4.78 is 0. The minimum atomic E-state index is -0.114. The van der Waals surface area contributed by atoms with E-state index in [4.69, 9.17) is 0 Å². The Labute approximate surface area is 148 Å². The van der Waals surface area contributed by atoms with Gasteiger partial charge in [-0.3, -0.25) is 9.59 Å². The maximum Gasteiger partial charge on any atom is 0.258 e. The number of carbonyl (C=O) groups is 1. The van der Waals surface area contributed by atoms with Gasteiger partial charge in [0.05, 0.1) is 10.9 Å². The van der Waals surface area contributed by atoms with Crippen LogP contribution in [0.15, 0.2) is 29.1 Å². The van der Waals surface area contributed by atoms with E-state index in [1.807, 2.05) is 18.2 Å². The third kappa shape index (κ3) is 5.15. The van der Waals surface area contributed by atoms with Crippen molar-refractivity contribution in [1.29, 1.82) is 0 Å². The number of aryl methyl sites for hydroxylation is 1. The van der Waals surface area contributed by atoms with Gasteiger partial charge in [-0.25, -0.2) is 4.98 Å². The molecule has 0 bridgehead atoms. The molecule has 1 amide bonds. The fourth-order valence-corrected chi connectivity index (χ4v) is 3.68. The molecule has 0 saturated heterocycles. The molecule has 1 aromatic carbocycles. The maximum atomic E-state index is 12.0. The van der Waals surface area contributed by atoms with E-state index in [1.165, 1.54) is 32.1 Å². The van der Waals surface area contributed by atoms with Gasteiger partial charge in [-0.1, -0.05) is 37.8 Å². The Bertz CT molecular complexity index is 763. The van der Waals surface area contributed by atoms with Crippen molar-refractivity contribution in [2.24, 2.45) is 5.92 Å². The number of H-pyrrole nitrogens is 1. The van der Waals surface area contributed by atoms with Crippen LogP contribution in [0.5, 0.6) is 0 Å². The summed E-state index contributed by atoms with van der Waals surface area (Å²) in [4.78, 5) is 31.2. The van der Waals surface area contributed by atoms with E-state index >= 15 is 0 Å². The van der Waals surface area contributed by atoms with Crippen LogP contribution in [-0.4, -0.2) is 22.4 Å². The molecule has 25 heavy (non-hydrogen) atoms. The zero-order valence-corrected chi connectivity index (χ0v) is 14.7. The Kier molecular flexibility index (Phi) is 6.20. The van der Waals surface area contributed by atoms with Crippen molar-refractivity contribution in [2.75, 3.05) is 6.54 Å². The fourth-order valence-electron chi connectivity index (χ4n) is 3.68. The molecule has 2 N–H and O–H groups in total. The lowest BCUT2D eigenvalue weighted by Crippen LogP contribution is -2.24. The Morgan fingerprint density at radius 2 is 2.00 bits per heavy atom. The van der Waals surface area contributed by atoms with Crippen LogP contribution < -0.4 is 10.9 Å². The van der Waals surface area contributed by atoms with Gasteiger partial charge in [-0.2, -0.15) is 0 Å². The third-order valence-corrected chi connectivity index (χ3v) is 5.07. The number of hydrogen-bond donors (Lipinski definition) is 2. The van der Waals surface area contributed by atoms with E-state index in [2.05, 4.69) is 15.3 Å². The summed E-state index contributed by atoms with van der Waals surface area (Å²) >= 11 is 0. The highest BCUT2D eigenvalue weighted by Crippen LogP contribution is 2.28. The number of rotatable bonds is 8. The predicted molar refractivity (Wildman–Crippen MR) is 99.5 cm³/mol. The lowest BCUT2D eigenvalue weighted by atomic mass is 10.0. The Morgan fingerprint density at radius 3 is 2.84 bits per heavy atom. The Balaban J connectivity index is 1.37. The SMILES string of the molecule is O=C(CCCc1nc2ccccc2c(=O)[nH]1)NCCCC1CCCC1. The standard InChI is InChI=1S/C20H27N3O2/c24-19(21-14-6-9-15-7-1-2-8-15)13-5-12-18-22-17-11-4-3-10-16(17)20(25)23-18/h3-4,10-11,15H,1-2,5-9,12-14H2,(H,21,24)(H,22,23,25). The van der Waals surface area contributed by atoms with Gasteiger partial charge >= 0.3 is 0 Å². The minimum Gasteiger partial charge on any atom is -0.356 e.